The maximum Gasteiger partial charge on any atom is 0.224 e. The molecule has 2 rings (SSSR count). The monoisotopic (exact) mass is 263 g/mol. The first-order valence-corrected chi connectivity index (χ1v) is 6.80. The molecule has 0 unspecified atom stereocenters. The molecule has 1 fully saturated rings. The molecule has 5 nitrogen and oxygen atoms in total. The van der Waals surface area contributed by atoms with E-state index in [-0.39, 0.29) is 5.91 Å². The summed E-state index contributed by atoms with van der Waals surface area (Å²) >= 11 is 0. The number of nitrogens with one attached hydrogen (secondary N) is 1. The molecule has 0 saturated carbocycles. The van der Waals surface area contributed by atoms with Crippen molar-refractivity contribution >= 4 is 5.91 Å². The van der Waals surface area contributed by atoms with Crippen LogP contribution in [0.5, 0.6) is 0 Å². The molecule has 0 radical (unpaired) electrons. The van der Waals surface area contributed by atoms with Gasteiger partial charge in [0.15, 0.2) is 0 Å². The molecule has 5 heteroatoms. The summed E-state index contributed by atoms with van der Waals surface area (Å²) in [5.41, 5.74) is 1.00. The summed E-state index contributed by atoms with van der Waals surface area (Å²) in [6.07, 6.45) is 4.84. The lowest BCUT2D eigenvalue weighted by Gasteiger charge is -2.26. The lowest BCUT2D eigenvalue weighted by molar-refractivity contribution is -0.120. The number of ether oxygens (including phenoxy) is 1. The van der Waals surface area contributed by atoms with Crippen LogP contribution in [0, 0.1) is 0 Å². The van der Waals surface area contributed by atoms with Crippen LogP contribution in [-0.4, -0.2) is 55.2 Å². The van der Waals surface area contributed by atoms with Crippen LogP contribution in [0.2, 0.25) is 0 Å². The van der Waals surface area contributed by atoms with Crippen LogP contribution in [0.4, 0.5) is 0 Å². The maximum atomic E-state index is 11.7. The van der Waals surface area contributed by atoms with Crippen LogP contribution in [0.3, 0.4) is 0 Å². The number of aromatic nitrogens is 1. The zero-order chi connectivity index (χ0) is 13.3. The molecule has 1 amide bonds. The van der Waals surface area contributed by atoms with Gasteiger partial charge in [0.2, 0.25) is 5.91 Å². The van der Waals surface area contributed by atoms with Gasteiger partial charge in [0.25, 0.3) is 0 Å². The van der Waals surface area contributed by atoms with E-state index >= 15 is 0 Å². The first-order chi connectivity index (χ1) is 9.34. The molecule has 104 valence electrons. The predicted octanol–water partition coefficient (Wildman–Crippen LogP) is 0.463. The zero-order valence-electron chi connectivity index (χ0n) is 11.2. The molecule has 0 atom stereocenters. The number of nitrogens with zero attached hydrogens (tertiary/aromatic N) is 2. The van der Waals surface area contributed by atoms with Crippen molar-refractivity contribution in [3.63, 3.8) is 0 Å². The average molecular weight is 263 g/mol. The summed E-state index contributed by atoms with van der Waals surface area (Å²) in [5.74, 6) is 0.0770. The van der Waals surface area contributed by atoms with Gasteiger partial charge in [-0.3, -0.25) is 14.7 Å². The minimum Gasteiger partial charge on any atom is -0.379 e. The predicted molar refractivity (Wildman–Crippen MR) is 72.8 cm³/mol. The molecule has 19 heavy (non-hydrogen) atoms. The second kappa shape index (κ2) is 7.86. The first kappa shape index (κ1) is 14.0. The normalized spacial score (nSPS) is 16.2. The van der Waals surface area contributed by atoms with Gasteiger partial charge in [0.1, 0.15) is 0 Å². The van der Waals surface area contributed by atoms with E-state index in [0.717, 1.165) is 51.4 Å². The Morgan fingerprint density at radius 1 is 1.32 bits per heavy atom. The molecule has 0 aromatic carbocycles. The number of morpholine rings is 1. The fraction of sp³-hybridized carbons (Fsp3) is 0.571. The zero-order valence-corrected chi connectivity index (χ0v) is 11.2. The van der Waals surface area contributed by atoms with Gasteiger partial charge in [-0.05, 0) is 30.7 Å². The summed E-state index contributed by atoms with van der Waals surface area (Å²) < 4.78 is 5.29. The van der Waals surface area contributed by atoms with Crippen LogP contribution in [0.15, 0.2) is 24.5 Å². The number of hydrogen-bond donors (Lipinski definition) is 1. The molecule has 0 bridgehead atoms. The highest BCUT2D eigenvalue weighted by Gasteiger charge is 2.09. The van der Waals surface area contributed by atoms with E-state index in [9.17, 15) is 4.79 Å². The highest BCUT2D eigenvalue weighted by molar-refractivity contribution is 5.78. The number of rotatable bonds is 6. The van der Waals surface area contributed by atoms with Crippen LogP contribution < -0.4 is 5.32 Å². The van der Waals surface area contributed by atoms with Crippen molar-refractivity contribution < 1.29 is 9.53 Å². The van der Waals surface area contributed by atoms with Crippen molar-refractivity contribution in [2.45, 2.75) is 12.8 Å². The largest absolute Gasteiger partial charge is 0.379 e. The Balaban J connectivity index is 1.56. The molecule has 1 aromatic rings. The summed E-state index contributed by atoms with van der Waals surface area (Å²) in [6, 6.07) is 3.74. The first-order valence-electron chi connectivity index (χ1n) is 6.80. The molecule has 0 spiro atoms. The standard InChI is InChI=1S/C14H21N3O2/c18-14(12-13-2-5-15-6-3-13)16-4-1-7-17-8-10-19-11-9-17/h2-3,5-6H,1,4,7-12H2,(H,16,18). The van der Waals surface area contributed by atoms with Crippen LogP contribution in [0.25, 0.3) is 0 Å². The Kier molecular flexibility index (Phi) is 5.78. The van der Waals surface area contributed by atoms with Crippen LogP contribution in [0.1, 0.15) is 12.0 Å². The van der Waals surface area contributed by atoms with Gasteiger partial charge >= 0.3 is 0 Å². The van der Waals surface area contributed by atoms with Gasteiger partial charge < -0.3 is 10.1 Å². The van der Waals surface area contributed by atoms with E-state index in [4.69, 9.17) is 4.74 Å². The number of hydrogen-bond acceptors (Lipinski definition) is 4. The molecule has 2 heterocycles. The molecule has 1 aromatic heterocycles. The smallest absolute Gasteiger partial charge is 0.224 e. The van der Waals surface area contributed by atoms with Crippen molar-refractivity contribution in [1.29, 1.82) is 0 Å². The van der Waals surface area contributed by atoms with Crippen molar-refractivity contribution in [3.05, 3.63) is 30.1 Å². The number of carbonyl (C=O) groups excluding carboxylic acids is 1. The summed E-state index contributed by atoms with van der Waals surface area (Å²) in [6.45, 7) is 5.43. The lowest BCUT2D eigenvalue weighted by atomic mass is 10.2. The SMILES string of the molecule is O=C(Cc1ccncc1)NCCCN1CCOCC1. The van der Waals surface area contributed by atoms with Crippen molar-refractivity contribution in [1.82, 2.24) is 15.2 Å². The topological polar surface area (TPSA) is 54.5 Å². The Labute approximate surface area is 114 Å². The summed E-state index contributed by atoms with van der Waals surface area (Å²) in [7, 11) is 0. The second-order valence-electron chi connectivity index (χ2n) is 4.69. The van der Waals surface area contributed by atoms with E-state index < -0.39 is 0 Å². The van der Waals surface area contributed by atoms with Crippen molar-refractivity contribution in [3.8, 4) is 0 Å². The minimum absolute atomic E-state index is 0.0770. The molecule has 1 N–H and O–H groups in total. The number of pyridine rings is 1. The van der Waals surface area contributed by atoms with Crippen molar-refractivity contribution in [2.24, 2.45) is 0 Å². The van der Waals surface area contributed by atoms with Gasteiger partial charge in [-0.1, -0.05) is 0 Å². The fourth-order valence-corrected chi connectivity index (χ4v) is 2.10. The van der Waals surface area contributed by atoms with Crippen molar-refractivity contribution in [2.75, 3.05) is 39.4 Å². The Bertz CT molecular complexity index is 378. The lowest BCUT2D eigenvalue weighted by Crippen LogP contribution is -2.38. The van der Waals surface area contributed by atoms with Gasteiger partial charge in [0, 0.05) is 32.0 Å². The summed E-state index contributed by atoms with van der Waals surface area (Å²) in [4.78, 5) is 18.0. The quantitative estimate of drug-likeness (QED) is 0.758. The summed E-state index contributed by atoms with van der Waals surface area (Å²) in [5, 5.41) is 2.95. The van der Waals surface area contributed by atoms with Gasteiger partial charge in [-0.15, -0.1) is 0 Å². The van der Waals surface area contributed by atoms with E-state index in [2.05, 4.69) is 15.2 Å². The van der Waals surface area contributed by atoms with E-state index in [1.54, 1.807) is 12.4 Å². The minimum atomic E-state index is 0.0770. The second-order valence-corrected chi connectivity index (χ2v) is 4.69. The molecule has 1 saturated heterocycles. The molecular formula is C14H21N3O2. The highest BCUT2D eigenvalue weighted by Crippen LogP contribution is 1.99. The molecular weight excluding hydrogens is 242 g/mol. The highest BCUT2D eigenvalue weighted by atomic mass is 16.5. The van der Waals surface area contributed by atoms with Gasteiger partial charge in [-0.2, -0.15) is 0 Å². The Hall–Kier alpha value is -1.46. The molecule has 0 aliphatic carbocycles. The molecule has 1 aliphatic rings. The van der Waals surface area contributed by atoms with Crippen LogP contribution in [-0.2, 0) is 16.0 Å². The van der Waals surface area contributed by atoms with Crippen LogP contribution >= 0.6 is 0 Å². The van der Waals surface area contributed by atoms with Gasteiger partial charge in [-0.25, -0.2) is 0 Å². The number of amides is 1. The Morgan fingerprint density at radius 2 is 2.05 bits per heavy atom. The fourth-order valence-electron chi connectivity index (χ4n) is 2.10. The Morgan fingerprint density at radius 3 is 2.79 bits per heavy atom. The molecule has 1 aliphatic heterocycles. The van der Waals surface area contributed by atoms with E-state index in [0.29, 0.717) is 6.42 Å². The van der Waals surface area contributed by atoms with E-state index in [1.165, 1.54) is 0 Å². The van der Waals surface area contributed by atoms with Gasteiger partial charge in [0.05, 0.1) is 19.6 Å². The third kappa shape index (κ3) is 5.36. The maximum absolute atomic E-state index is 11.7. The third-order valence-corrected chi connectivity index (χ3v) is 3.19. The third-order valence-electron chi connectivity index (χ3n) is 3.19. The van der Waals surface area contributed by atoms with E-state index in [1.807, 2.05) is 12.1 Å². The number of carbonyl (C=O) groups is 1. The average Bonchev–Trinajstić information content (AvgIpc) is 2.46.